The Morgan fingerprint density at radius 3 is 2.35 bits per heavy atom. The van der Waals surface area contributed by atoms with E-state index in [-0.39, 0.29) is 40.6 Å². The maximum absolute atomic E-state index is 13.1. The molecular weight excluding hydrogens is 332 g/mol. The van der Waals surface area contributed by atoms with Gasteiger partial charge in [0.2, 0.25) is 0 Å². The standard InChI is InChI=1S/C21H30O5/c1-12(22)25-14-8-10-18(4)13(17(14,2)3)7-9-19(5)16(24)20(6)21(18,19)11-15(23)26-20/h13-14H,7-11H2,1-6H3/t13-,14-,18-,19+,20+,21+/m0/s1. The van der Waals surface area contributed by atoms with Crippen LogP contribution >= 0.6 is 0 Å². The van der Waals surface area contributed by atoms with E-state index in [1.807, 2.05) is 13.8 Å². The Kier molecular flexibility index (Phi) is 3.26. The Labute approximate surface area is 155 Å². The lowest BCUT2D eigenvalue weighted by molar-refractivity contribution is -0.294. The second-order valence-electron chi connectivity index (χ2n) is 10.2. The number of ketones is 1. The first kappa shape index (κ1) is 18.0. The lowest BCUT2D eigenvalue weighted by Gasteiger charge is -2.75. The summed E-state index contributed by atoms with van der Waals surface area (Å²) in [5.74, 6) is -0.126. The summed E-state index contributed by atoms with van der Waals surface area (Å²) in [6.45, 7) is 12.0. The summed E-state index contributed by atoms with van der Waals surface area (Å²) in [5.41, 5.74) is -2.36. The molecule has 1 heterocycles. The SMILES string of the molecule is CC(=O)O[C@H]1CC[C@@]2(C)[C@@H](CC[C@]3(C)C(=O)[C@@]4(C)OC(=O)C[C@@]234)C1(C)C. The molecule has 3 aliphatic carbocycles. The van der Waals surface area contributed by atoms with Gasteiger partial charge in [0, 0.05) is 23.2 Å². The third-order valence-electron chi connectivity index (χ3n) is 9.06. The van der Waals surface area contributed by atoms with Crippen LogP contribution in [-0.2, 0) is 23.9 Å². The molecule has 1 saturated heterocycles. The normalized spacial score (nSPS) is 51.5. The van der Waals surface area contributed by atoms with Crippen LogP contribution in [0.5, 0.6) is 0 Å². The monoisotopic (exact) mass is 362 g/mol. The number of carbonyl (C=O) groups is 3. The van der Waals surface area contributed by atoms with Crippen molar-refractivity contribution in [2.75, 3.05) is 0 Å². The Hall–Kier alpha value is -1.39. The maximum Gasteiger partial charge on any atom is 0.307 e. The number of esters is 2. The molecule has 26 heavy (non-hydrogen) atoms. The van der Waals surface area contributed by atoms with E-state index < -0.39 is 16.4 Å². The van der Waals surface area contributed by atoms with Gasteiger partial charge in [0.15, 0.2) is 11.4 Å². The molecule has 4 fully saturated rings. The first-order valence-electron chi connectivity index (χ1n) is 9.81. The van der Waals surface area contributed by atoms with Crippen molar-refractivity contribution in [1.82, 2.24) is 0 Å². The summed E-state index contributed by atoms with van der Waals surface area (Å²) >= 11 is 0. The van der Waals surface area contributed by atoms with Gasteiger partial charge in [-0.1, -0.05) is 27.7 Å². The van der Waals surface area contributed by atoms with E-state index in [0.29, 0.717) is 6.42 Å². The average Bonchev–Trinajstić information content (AvgIpc) is 2.78. The summed E-state index contributed by atoms with van der Waals surface area (Å²) < 4.78 is 11.4. The molecule has 6 atom stereocenters. The Morgan fingerprint density at radius 1 is 1.08 bits per heavy atom. The van der Waals surface area contributed by atoms with Crippen molar-refractivity contribution in [2.45, 2.75) is 85.4 Å². The minimum atomic E-state index is -1.00. The molecule has 0 bridgehead atoms. The highest BCUT2D eigenvalue weighted by molar-refractivity contribution is 6.06. The molecule has 3 saturated carbocycles. The van der Waals surface area contributed by atoms with Crippen LogP contribution in [-0.4, -0.2) is 29.4 Å². The molecule has 5 nitrogen and oxygen atoms in total. The average molecular weight is 362 g/mol. The van der Waals surface area contributed by atoms with Gasteiger partial charge in [-0.3, -0.25) is 14.4 Å². The van der Waals surface area contributed by atoms with Crippen molar-refractivity contribution in [1.29, 1.82) is 0 Å². The van der Waals surface area contributed by atoms with Crippen LogP contribution in [0.15, 0.2) is 0 Å². The molecule has 0 unspecified atom stereocenters. The summed E-state index contributed by atoms with van der Waals surface area (Å²) in [6.07, 6.45) is 3.49. The third kappa shape index (κ3) is 1.59. The third-order valence-corrected chi connectivity index (χ3v) is 9.06. The van der Waals surface area contributed by atoms with Crippen LogP contribution in [0.3, 0.4) is 0 Å². The molecule has 4 aliphatic rings. The second kappa shape index (κ2) is 4.71. The molecule has 144 valence electrons. The molecule has 1 aliphatic heterocycles. The maximum atomic E-state index is 13.1. The van der Waals surface area contributed by atoms with E-state index in [2.05, 4.69) is 20.8 Å². The Bertz CT molecular complexity index is 726. The van der Waals surface area contributed by atoms with Crippen molar-refractivity contribution in [3.63, 3.8) is 0 Å². The van der Waals surface area contributed by atoms with Crippen molar-refractivity contribution >= 4 is 17.7 Å². The van der Waals surface area contributed by atoms with Gasteiger partial charge in [-0.05, 0) is 43.9 Å². The van der Waals surface area contributed by atoms with E-state index in [1.165, 1.54) is 6.92 Å². The number of ether oxygens (including phenoxy) is 2. The van der Waals surface area contributed by atoms with Gasteiger partial charge in [-0.25, -0.2) is 0 Å². The Balaban J connectivity index is 1.83. The smallest absolute Gasteiger partial charge is 0.307 e. The van der Waals surface area contributed by atoms with Gasteiger partial charge < -0.3 is 9.47 Å². The predicted octanol–water partition coefficient (Wildman–Crippen LogP) is 3.44. The first-order valence-corrected chi connectivity index (χ1v) is 9.81. The summed E-state index contributed by atoms with van der Waals surface area (Å²) in [5, 5.41) is 0. The summed E-state index contributed by atoms with van der Waals surface area (Å²) in [7, 11) is 0. The van der Waals surface area contributed by atoms with E-state index in [9.17, 15) is 14.4 Å². The summed E-state index contributed by atoms with van der Waals surface area (Å²) in [6, 6.07) is 0. The molecule has 0 aromatic rings. The second-order valence-corrected chi connectivity index (χ2v) is 10.2. The molecule has 4 rings (SSSR count). The van der Waals surface area contributed by atoms with Crippen LogP contribution < -0.4 is 0 Å². The topological polar surface area (TPSA) is 69.7 Å². The van der Waals surface area contributed by atoms with E-state index in [0.717, 1.165) is 25.7 Å². The van der Waals surface area contributed by atoms with Crippen LogP contribution in [0.25, 0.3) is 0 Å². The number of hydrogen-bond acceptors (Lipinski definition) is 5. The fourth-order valence-corrected chi connectivity index (χ4v) is 8.13. The van der Waals surface area contributed by atoms with E-state index >= 15 is 0 Å². The lowest BCUT2D eigenvalue weighted by Crippen LogP contribution is -2.82. The summed E-state index contributed by atoms with van der Waals surface area (Å²) in [4.78, 5) is 37.1. The number of hydrogen-bond donors (Lipinski definition) is 0. The molecule has 0 amide bonds. The van der Waals surface area contributed by atoms with Gasteiger partial charge >= 0.3 is 11.9 Å². The van der Waals surface area contributed by atoms with E-state index in [1.54, 1.807) is 0 Å². The molecule has 5 heteroatoms. The van der Waals surface area contributed by atoms with Gasteiger partial charge in [0.1, 0.15) is 6.10 Å². The van der Waals surface area contributed by atoms with Crippen molar-refractivity contribution < 1.29 is 23.9 Å². The van der Waals surface area contributed by atoms with Gasteiger partial charge in [-0.2, -0.15) is 0 Å². The van der Waals surface area contributed by atoms with Crippen LogP contribution in [0, 0.1) is 27.6 Å². The highest BCUT2D eigenvalue weighted by atomic mass is 16.6. The van der Waals surface area contributed by atoms with Crippen molar-refractivity contribution in [3.8, 4) is 0 Å². The Morgan fingerprint density at radius 2 is 1.73 bits per heavy atom. The largest absolute Gasteiger partial charge is 0.462 e. The minimum Gasteiger partial charge on any atom is -0.462 e. The van der Waals surface area contributed by atoms with E-state index in [4.69, 9.17) is 9.47 Å². The highest BCUT2D eigenvalue weighted by Crippen LogP contribution is 2.82. The fraction of sp³-hybridized carbons (Fsp3) is 0.857. The molecule has 0 aromatic carbocycles. The number of fused-ring (bicyclic) bond motifs is 1. The van der Waals surface area contributed by atoms with Crippen LogP contribution in [0.1, 0.15) is 73.6 Å². The van der Waals surface area contributed by atoms with Gasteiger partial charge in [0.25, 0.3) is 0 Å². The van der Waals surface area contributed by atoms with Crippen LogP contribution in [0.4, 0.5) is 0 Å². The van der Waals surface area contributed by atoms with Crippen molar-refractivity contribution in [2.24, 2.45) is 27.6 Å². The fourth-order valence-electron chi connectivity index (χ4n) is 8.13. The minimum absolute atomic E-state index is 0.0930. The predicted molar refractivity (Wildman–Crippen MR) is 94.1 cm³/mol. The van der Waals surface area contributed by atoms with Gasteiger partial charge in [-0.15, -0.1) is 0 Å². The zero-order chi connectivity index (χ0) is 19.3. The zero-order valence-corrected chi connectivity index (χ0v) is 16.7. The molecule has 0 aromatic heterocycles. The number of rotatable bonds is 1. The quantitative estimate of drug-likeness (QED) is 0.668. The van der Waals surface area contributed by atoms with Crippen molar-refractivity contribution in [3.05, 3.63) is 0 Å². The lowest BCUT2D eigenvalue weighted by atomic mass is 9.26. The number of carbonyl (C=O) groups excluding carboxylic acids is 3. The highest BCUT2D eigenvalue weighted by Gasteiger charge is 2.89. The van der Waals surface area contributed by atoms with Gasteiger partial charge in [0.05, 0.1) is 6.42 Å². The molecular formula is C21H30O5. The first-order chi connectivity index (χ1) is 11.9. The zero-order valence-electron chi connectivity index (χ0n) is 16.7. The molecule has 0 radical (unpaired) electrons. The van der Waals surface area contributed by atoms with Crippen LogP contribution in [0.2, 0.25) is 0 Å². The molecule has 0 N–H and O–H groups in total. The molecule has 1 spiro atoms. The number of Topliss-reactive ketones (excluding diaryl/α,β-unsaturated/α-hetero) is 1.